The van der Waals surface area contributed by atoms with E-state index in [1.165, 1.54) is 10.7 Å². The predicted molar refractivity (Wildman–Crippen MR) is 67.9 cm³/mol. The lowest BCUT2D eigenvalue weighted by Crippen LogP contribution is -2.02. The van der Waals surface area contributed by atoms with Gasteiger partial charge in [0.1, 0.15) is 5.56 Å². The fourth-order valence-electron chi connectivity index (χ4n) is 1.93. The van der Waals surface area contributed by atoms with Gasteiger partial charge in [0.15, 0.2) is 5.65 Å². The third-order valence-corrected chi connectivity index (χ3v) is 2.76. The number of hydrogen-bond donors (Lipinski definition) is 1. The second-order valence-corrected chi connectivity index (χ2v) is 4.10. The highest BCUT2D eigenvalue weighted by Gasteiger charge is 2.16. The number of aromatic carboxylic acids is 1. The van der Waals surface area contributed by atoms with Gasteiger partial charge in [0.05, 0.1) is 17.6 Å². The van der Waals surface area contributed by atoms with Crippen LogP contribution in [0, 0.1) is 6.92 Å². The monoisotopic (exact) mass is 254 g/mol. The molecule has 3 aromatic rings. The minimum Gasteiger partial charge on any atom is -0.477 e. The summed E-state index contributed by atoms with van der Waals surface area (Å²) in [4.78, 5) is 19.6. The standard InChI is InChI=1S/C13H10N4O2/c1-8-6-11(10-4-2-3-5-14-10)17-12(16-8)9(7-15-17)13(18)19/h2-7H,1H3,(H,18,19). The molecule has 0 aliphatic carbocycles. The Morgan fingerprint density at radius 3 is 2.89 bits per heavy atom. The van der Waals surface area contributed by atoms with Crippen molar-refractivity contribution in [2.75, 3.05) is 0 Å². The zero-order valence-electron chi connectivity index (χ0n) is 10.1. The number of carboxylic acids is 1. The Hall–Kier alpha value is -2.76. The van der Waals surface area contributed by atoms with Crippen molar-refractivity contribution in [2.45, 2.75) is 6.92 Å². The molecular weight excluding hydrogens is 244 g/mol. The summed E-state index contributed by atoms with van der Waals surface area (Å²) in [5, 5.41) is 13.2. The summed E-state index contributed by atoms with van der Waals surface area (Å²) < 4.78 is 1.50. The maximum absolute atomic E-state index is 11.1. The highest BCUT2D eigenvalue weighted by Crippen LogP contribution is 2.20. The zero-order valence-corrected chi connectivity index (χ0v) is 10.1. The van der Waals surface area contributed by atoms with Crippen molar-refractivity contribution in [2.24, 2.45) is 0 Å². The number of carbonyl (C=O) groups is 1. The number of nitrogens with zero attached hydrogens (tertiary/aromatic N) is 4. The van der Waals surface area contributed by atoms with Crippen molar-refractivity contribution < 1.29 is 9.90 Å². The van der Waals surface area contributed by atoms with E-state index in [1.54, 1.807) is 6.20 Å². The Bertz CT molecular complexity index is 765. The van der Waals surface area contributed by atoms with E-state index in [0.29, 0.717) is 5.65 Å². The third-order valence-electron chi connectivity index (χ3n) is 2.76. The molecule has 3 heterocycles. The van der Waals surface area contributed by atoms with Crippen LogP contribution in [0.5, 0.6) is 0 Å². The number of rotatable bonds is 2. The van der Waals surface area contributed by atoms with Gasteiger partial charge >= 0.3 is 5.97 Å². The molecule has 0 fully saturated rings. The van der Waals surface area contributed by atoms with Crippen molar-refractivity contribution in [3.63, 3.8) is 0 Å². The summed E-state index contributed by atoms with van der Waals surface area (Å²) >= 11 is 0. The number of carboxylic acid groups (broad SMARTS) is 1. The maximum atomic E-state index is 11.1. The fraction of sp³-hybridized carbons (Fsp3) is 0.0769. The van der Waals surface area contributed by atoms with E-state index in [1.807, 2.05) is 31.2 Å². The van der Waals surface area contributed by atoms with E-state index in [0.717, 1.165) is 17.1 Å². The second-order valence-electron chi connectivity index (χ2n) is 4.10. The van der Waals surface area contributed by atoms with Gasteiger partial charge in [-0.2, -0.15) is 5.10 Å². The van der Waals surface area contributed by atoms with E-state index in [-0.39, 0.29) is 5.56 Å². The molecule has 0 atom stereocenters. The van der Waals surface area contributed by atoms with E-state index in [9.17, 15) is 4.79 Å². The van der Waals surface area contributed by atoms with Gasteiger partial charge in [0.2, 0.25) is 0 Å². The van der Waals surface area contributed by atoms with Gasteiger partial charge in [0.25, 0.3) is 0 Å². The molecule has 3 aromatic heterocycles. The van der Waals surface area contributed by atoms with Crippen LogP contribution in [-0.4, -0.2) is 30.7 Å². The van der Waals surface area contributed by atoms with Gasteiger partial charge in [-0.25, -0.2) is 14.3 Å². The Morgan fingerprint density at radius 1 is 1.37 bits per heavy atom. The van der Waals surface area contributed by atoms with Crippen molar-refractivity contribution in [3.8, 4) is 11.4 Å². The molecule has 6 heteroatoms. The quantitative estimate of drug-likeness (QED) is 0.754. The van der Waals surface area contributed by atoms with Crippen LogP contribution in [-0.2, 0) is 0 Å². The van der Waals surface area contributed by atoms with Gasteiger partial charge < -0.3 is 5.11 Å². The average Bonchev–Trinajstić information content (AvgIpc) is 2.82. The van der Waals surface area contributed by atoms with Crippen LogP contribution in [0.2, 0.25) is 0 Å². The van der Waals surface area contributed by atoms with Crippen molar-refractivity contribution in [1.29, 1.82) is 0 Å². The Kier molecular flexibility index (Phi) is 2.49. The number of hydrogen-bond acceptors (Lipinski definition) is 4. The van der Waals surface area contributed by atoms with Crippen molar-refractivity contribution >= 4 is 11.6 Å². The first-order chi connectivity index (χ1) is 9.16. The molecule has 0 saturated carbocycles. The number of fused-ring (bicyclic) bond motifs is 1. The molecule has 19 heavy (non-hydrogen) atoms. The van der Waals surface area contributed by atoms with Crippen molar-refractivity contribution in [3.05, 3.63) is 47.9 Å². The first kappa shape index (κ1) is 11.3. The molecule has 94 valence electrons. The van der Waals surface area contributed by atoms with Gasteiger partial charge in [-0.15, -0.1) is 0 Å². The number of pyridine rings is 1. The highest BCUT2D eigenvalue weighted by molar-refractivity contribution is 5.94. The average molecular weight is 254 g/mol. The fourth-order valence-corrected chi connectivity index (χ4v) is 1.93. The normalized spacial score (nSPS) is 10.8. The van der Waals surface area contributed by atoms with Crippen LogP contribution in [0.25, 0.3) is 17.0 Å². The smallest absolute Gasteiger partial charge is 0.341 e. The lowest BCUT2D eigenvalue weighted by atomic mass is 10.2. The molecule has 0 bridgehead atoms. The minimum absolute atomic E-state index is 0.0841. The molecule has 6 nitrogen and oxygen atoms in total. The molecule has 0 saturated heterocycles. The van der Waals surface area contributed by atoms with Gasteiger partial charge in [0, 0.05) is 11.9 Å². The Balaban J connectivity index is 2.34. The van der Waals surface area contributed by atoms with E-state index >= 15 is 0 Å². The van der Waals surface area contributed by atoms with Gasteiger partial charge in [-0.3, -0.25) is 4.98 Å². The first-order valence-electron chi connectivity index (χ1n) is 5.67. The van der Waals surface area contributed by atoms with Crippen LogP contribution in [0.3, 0.4) is 0 Å². The highest BCUT2D eigenvalue weighted by atomic mass is 16.4. The summed E-state index contributed by atoms with van der Waals surface area (Å²) in [5.41, 5.74) is 2.57. The zero-order chi connectivity index (χ0) is 13.4. The van der Waals surface area contributed by atoms with Crippen molar-refractivity contribution in [1.82, 2.24) is 19.6 Å². The van der Waals surface area contributed by atoms with Crippen LogP contribution in [0.4, 0.5) is 0 Å². The van der Waals surface area contributed by atoms with E-state index in [4.69, 9.17) is 5.11 Å². The largest absolute Gasteiger partial charge is 0.477 e. The molecule has 0 radical (unpaired) electrons. The van der Waals surface area contributed by atoms with Crippen LogP contribution in [0.15, 0.2) is 36.7 Å². The summed E-state index contributed by atoms with van der Waals surface area (Å²) in [6.45, 7) is 1.81. The third kappa shape index (κ3) is 1.83. The first-order valence-corrected chi connectivity index (χ1v) is 5.67. The number of aromatic nitrogens is 4. The van der Waals surface area contributed by atoms with E-state index < -0.39 is 5.97 Å². The SMILES string of the molecule is Cc1cc(-c2ccccn2)n2ncc(C(=O)O)c2n1. The predicted octanol–water partition coefficient (Wildman–Crippen LogP) is 1.80. The molecule has 0 amide bonds. The van der Waals surface area contributed by atoms with E-state index in [2.05, 4.69) is 15.1 Å². The number of aryl methyl sites for hydroxylation is 1. The van der Waals surface area contributed by atoms with Crippen LogP contribution < -0.4 is 0 Å². The maximum Gasteiger partial charge on any atom is 0.341 e. The molecule has 0 aromatic carbocycles. The molecule has 0 unspecified atom stereocenters. The summed E-state index contributed by atoms with van der Waals surface area (Å²) in [6.07, 6.45) is 2.98. The Morgan fingerprint density at radius 2 is 2.21 bits per heavy atom. The van der Waals surface area contributed by atoms with Crippen LogP contribution in [0.1, 0.15) is 16.1 Å². The van der Waals surface area contributed by atoms with Gasteiger partial charge in [-0.1, -0.05) is 6.07 Å². The lowest BCUT2D eigenvalue weighted by molar-refractivity contribution is 0.0699. The molecule has 0 aliphatic rings. The minimum atomic E-state index is -1.04. The molecule has 3 rings (SSSR count). The Labute approximate surface area is 108 Å². The van der Waals surface area contributed by atoms with Crippen LogP contribution >= 0.6 is 0 Å². The van der Waals surface area contributed by atoms with Gasteiger partial charge in [-0.05, 0) is 25.1 Å². The molecule has 1 N–H and O–H groups in total. The summed E-state index contributed by atoms with van der Waals surface area (Å²) in [6, 6.07) is 7.36. The molecule has 0 spiro atoms. The lowest BCUT2D eigenvalue weighted by Gasteiger charge is -2.05. The molecule has 0 aliphatic heterocycles. The topological polar surface area (TPSA) is 80.4 Å². The summed E-state index contributed by atoms with van der Waals surface area (Å²) in [5.74, 6) is -1.04. The summed E-state index contributed by atoms with van der Waals surface area (Å²) in [7, 11) is 0. The molecular formula is C13H10N4O2. The second kappa shape index (κ2) is 4.16.